The number of fused-ring (bicyclic) bond motifs is 1. The van der Waals surface area contributed by atoms with Gasteiger partial charge in [-0.25, -0.2) is 13.8 Å². The van der Waals surface area contributed by atoms with Crippen molar-refractivity contribution in [1.82, 2.24) is 15.0 Å². The molecule has 3 N–H and O–H groups in total. The molecule has 0 radical (unpaired) electrons. The van der Waals surface area contributed by atoms with Gasteiger partial charge in [0, 0.05) is 12.1 Å². The summed E-state index contributed by atoms with van der Waals surface area (Å²) in [6.07, 6.45) is 0. The molecule has 0 aliphatic carbocycles. The minimum Gasteiger partial charge on any atom is -0.478 e. The molecule has 0 amide bonds. The second kappa shape index (κ2) is 5.01. The number of pyridine rings is 1. The van der Waals surface area contributed by atoms with Gasteiger partial charge in [-0.05, 0) is 19.1 Å². The summed E-state index contributed by atoms with van der Waals surface area (Å²) in [6.45, 7) is 2.33. The zero-order valence-electron chi connectivity index (χ0n) is 11.2. The molecule has 0 bridgehead atoms. The van der Waals surface area contributed by atoms with E-state index in [4.69, 9.17) is 10.5 Å². The number of nitrogens with two attached hydrogens (primary N) is 1. The smallest absolute Gasteiger partial charge is 0.215 e. The van der Waals surface area contributed by atoms with Gasteiger partial charge in [0.2, 0.25) is 5.88 Å². The molecule has 0 aliphatic rings. The van der Waals surface area contributed by atoms with E-state index in [-0.39, 0.29) is 17.1 Å². The number of benzene rings is 1. The second-order valence-corrected chi connectivity index (χ2v) is 4.39. The molecule has 0 aliphatic heterocycles. The van der Waals surface area contributed by atoms with Gasteiger partial charge in [-0.3, -0.25) is 0 Å². The molecule has 108 valence electrons. The molecule has 0 saturated heterocycles. The molecule has 3 rings (SSSR count). The van der Waals surface area contributed by atoms with E-state index in [2.05, 4.69) is 15.0 Å². The number of hydrogen-bond acceptors (Lipinski definition) is 4. The Labute approximate surface area is 118 Å². The Kier molecular flexibility index (Phi) is 3.17. The van der Waals surface area contributed by atoms with Crippen molar-refractivity contribution < 1.29 is 13.5 Å². The molecule has 0 unspecified atom stereocenters. The maximum absolute atomic E-state index is 13.8. The number of nitrogens with one attached hydrogen (secondary N) is 1. The summed E-state index contributed by atoms with van der Waals surface area (Å²) in [5, 5.41) is 0. The number of nitrogen functional groups attached to an aromatic ring is 1. The third-order valence-electron chi connectivity index (χ3n) is 2.95. The number of rotatable bonds is 3. The van der Waals surface area contributed by atoms with Crippen LogP contribution in [0.15, 0.2) is 24.3 Å². The normalized spacial score (nSPS) is 11.0. The van der Waals surface area contributed by atoms with E-state index >= 15 is 0 Å². The number of ether oxygens (including phenoxy) is 1. The average Bonchev–Trinajstić information content (AvgIpc) is 2.86. The fraction of sp³-hybridized carbons (Fsp3) is 0.143. The van der Waals surface area contributed by atoms with Gasteiger partial charge in [-0.2, -0.15) is 4.98 Å². The minimum absolute atomic E-state index is 0.0878. The number of anilines is 1. The van der Waals surface area contributed by atoms with Gasteiger partial charge < -0.3 is 15.5 Å². The molecule has 2 heterocycles. The monoisotopic (exact) mass is 290 g/mol. The van der Waals surface area contributed by atoms with Crippen molar-refractivity contribution in [3.05, 3.63) is 35.9 Å². The molecule has 0 saturated carbocycles. The van der Waals surface area contributed by atoms with Gasteiger partial charge in [0.1, 0.15) is 17.5 Å². The first-order valence-corrected chi connectivity index (χ1v) is 6.33. The van der Waals surface area contributed by atoms with Crippen LogP contribution >= 0.6 is 0 Å². The van der Waals surface area contributed by atoms with Crippen LogP contribution < -0.4 is 10.5 Å². The highest BCUT2D eigenvalue weighted by Gasteiger charge is 2.14. The van der Waals surface area contributed by atoms with Gasteiger partial charge in [-0.15, -0.1) is 0 Å². The first kappa shape index (κ1) is 13.3. The number of aromatic nitrogens is 3. The summed E-state index contributed by atoms with van der Waals surface area (Å²) in [7, 11) is 0. The van der Waals surface area contributed by atoms with Crippen molar-refractivity contribution in [2.45, 2.75) is 6.92 Å². The molecule has 3 aromatic rings. The fourth-order valence-electron chi connectivity index (χ4n) is 1.98. The molecule has 21 heavy (non-hydrogen) atoms. The van der Waals surface area contributed by atoms with Crippen LogP contribution in [0.2, 0.25) is 0 Å². The maximum atomic E-state index is 13.8. The lowest BCUT2D eigenvalue weighted by molar-refractivity contribution is 0.328. The van der Waals surface area contributed by atoms with E-state index in [1.54, 1.807) is 12.1 Å². The van der Waals surface area contributed by atoms with Crippen LogP contribution in [0.5, 0.6) is 5.88 Å². The largest absolute Gasteiger partial charge is 0.478 e. The average molecular weight is 290 g/mol. The van der Waals surface area contributed by atoms with Crippen LogP contribution in [-0.4, -0.2) is 21.6 Å². The SMILES string of the molecule is CCOc1ccc2[nH]c(-c3cc(N)c(F)cc3F)nc2n1. The van der Waals surface area contributed by atoms with Gasteiger partial charge >= 0.3 is 0 Å². The quantitative estimate of drug-likeness (QED) is 0.727. The maximum Gasteiger partial charge on any atom is 0.215 e. The van der Waals surface area contributed by atoms with Gasteiger partial charge in [0.25, 0.3) is 0 Å². The predicted octanol–water partition coefficient (Wildman–Crippen LogP) is 2.88. The molecular formula is C14H12F2N4O. The van der Waals surface area contributed by atoms with Crippen molar-refractivity contribution in [2.24, 2.45) is 0 Å². The summed E-state index contributed by atoms with van der Waals surface area (Å²) in [5.74, 6) is -0.882. The lowest BCUT2D eigenvalue weighted by atomic mass is 10.1. The van der Waals surface area contributed by atoms with Crippen molar-refractivity contribution in [3.63, 3.8) is 0 Å². The summed E-state index contributed by atoms with van der Waals surface area (Å²) in [4.78, 5) is 11.3. The molecule has 2 aromatic heterocycles. The zero-order chi connectivity index (χ0) is 15.0. The molecule has 0 spiro atoms. The minimum atomic E-state index is -0.802. The van der Waals surface area contributed by atoms with Crippen LogP contribution in [-0.2, 0) is 0 Å². The van der Waals surface area contributed by atoms with Crippen LogP contribution in [0.1, 0.15) is 6.92 Å². The lowest BCUT2D eigenvalue weighted by Crippen LogP contribution is -1.95. The third kappa shape index (κ3) is 2.37. The predicted molar refractivity (Wildman–Crippen MR) is 74.8 cm³/mol. The molecule has 0 atom stereocenters. The molecule has 0 fully saturated rings. The molecule has 1 aromatic carbocycles. The topological polar surface area (TPSA) is 76.8 Å². The van der Waals surface area contributed by atoms with E-state index in [1.807, 2.05) is 6.92 Å². The van der Waals surface area contributed by atoms with Crippen LogP contribution in [0.3, 0.4) is 0 Å². The Balaban J connectivity index is 2.11. The highest BCUT2D eigenvalue weighted by atomic mass is 19.1. The lowest BCUT2D eigenvalue weighted by Gasteiger charge is -2.02. The Bertz CT molecular complexity index is 816. The van der Waals surface area contributed by atoms with Crippen LogP contribution in [0, 0.1) is 11.6 Å². The Morgan fingerprint density at radius 2 is 2.00 bits per heavy atom. The van der Waals surface area contributed by atoms with Crippen molar-refractivity contribution in [2.75, 3.05) is 12.3 Å². The van der Waals surface area contributed by atoms with Crippen molar-refractivity contribution in [3.8, 4) is 17.3 Å². The van der Waals surface area contributed by atoms with E-state index in [0.717, 1.165) is 6.07 Å². The highest BCUT2D eigenvalue weighted by molar-refractivity contribution is 5.77. The first-order chi connectivity index (χ1) is 10.1. The second-order valence-electron chi connectivity index (χ2n) is 4.39. The Hall–Kier alpha value is -2.70. The van der Waals surface area contributed by atoms with E-state index in [0.29, 0.717) is 23.7 Å². The van der Waals surface area contributed by atoms with E-state index in [9.17, 15) is 8.78 Å². The summed E-state index contributed by atoms with van der Waals surface area (Å²) >= 11 is 0. The van der Waals surface area contributed by atoms with Crippen LogP contribution in [0.25, 0.3) is 22.6 Å². The number of halogens is 2. The summed E-state index contributed by atoms with van der Waals surface area (Å²) in [6, 6.07) is 5.35. The van der Waals surface area contributed by atoms with Crippen molar-refractivity contribution >= 4 is 16.9 Å². The zero-order valence-corrected chi connectivity index (χ0v) is 11.2. The third-order valence-corrected chi connectivity index (χ3v) is 2.95. The number of aromatic amines is 1. The highest BCUT2D eigenvalue weighted by Crippen LogP contribution is 2.26. The number of nitrogens with zero attached hydrogens (tertiary/aromatic N) is 2. The summed E-state index contributed by atoms with van der Waals surface area (Å²) < 4.78 is 32.3. The first-order valence-electron chi connectivity index (χ1n) is 6.33. The Morgan fingerprint density at radius 1 is 1.19 bits per heavy atom. The van der Waals surface area contributed by atoms with Gasteiger partial charge in [-0.1, -0.05) is 0 Å². The number of imidazole rings is 1. The molecule has 7 heteroatoms. The van der Waals surface area contributed by atoms with Crippen LogP contribution in [0.4, 0.5) is 14.5 Å². The van der Waals surface area contributed by atoms with Gasteiger partial charge in [0.15, 0.2) is 5.65 Å². The number of H-pyrrole nitrogens is 1. The van der Waals surface area contributed by atoms with Crippen molar-refractivity contribution in [1.29, 1.82) is 0 Å². The number of hydrogen-bond donors (Lipinski definition) is 2. The standard InChI is InChI=1S/C14H12F2N4O/c1-2-21-12-4-3-11-14(19-12)20-13(18-11)7-5-10(17)9(16)6-8(7)15/h3-6H,2,17H2,1H3,(H,18,19,20). The molecular weight excluding hydrogens is 278 g/mol. The summed E-state index contributed by atoms with van der Waals surface area (Å²) in [5.41, 5.74) is 6.42. The van der Waals surface area contributed by atoms with E-state index < -0.39 is 11.6 Å². The molecule has 5 nitrogen and oxygen atoms in total. The Morgan fingerprint density at radius 3 is 2.76 bits per heavy atom. The fourth-order valence-corrected chi connectivity index (χ4v) is 1.98. The van der Waals surface area contributed by atoms with Gasteiger partial charge in [0.05, 0.1) is 23.4 Å². The van der Waals surface area contributed by atoms with E-state index in [1.165, 1.54) is 6.07 Å².